The van der Waals surface area contributed by atoms with E-state index >= 15 is 0 Å². The molecule has 4 N–H and O–H groups in total. The molecule has 4 fully saturated rings. The number of para-hydroxylation sites is 1. The van der Waals surface area contributed by atoms with Gasteiger partial charge in [0.15, 0.2) is 6.73 Å². The van der Waals surface area contributed by atoms with Crippen LogP contribution in [0.2, 0.25) is 0 Å². The zero-order chi connectivity index (χ0) is 51.5. The van der Waals surface area contributed by atoms with E-state index in [1.165, 1.54) is 25.9 Å². The number of pyridine rings is 1. The Morgan fingerprint density at radius 2 is 1.48 bits per heavy atom. The molecule has 0 radical (unpaired) electrons. The summed E-state index contributed by atoms with van der Waals surface area (Å²) in [6.45, 7) is 19.5. The number of H-pyrrole nitrogens is 1. The van der Waals surface area contributed by atoms with E-state index in [-0.39, 0.29) is 36.2 Å². The van der Waals surface area contributed by atoms with E-state index in [4.69, 9.17) is 9.84 Å². The number of ether oxygens (including phenoxy) is 1. The SMILES string of the molecule is CCCCCCN(CCCCCC)C(=O)OCn1cc2cc(CC(NC(=O)N3CCC(c4cc5ccccc5[nH]c4=O)CC3)C(=O)N3CCN(C4CCN(C)CC4)CC3)cc(C)c2n1.CCNC1CCNCC1. The van der Waals surface area contributed by atoms with Crippen molar-refractivity contribution >= 4 is 39.8 Å². The first-order chi connectivity index (χ1) is 35.5. The zero-order valence-corrected chi connectivity index (χ0v) is 45.1. The first-order valence-corrected chi connectivity index (χ1v) is 28.2. The lowest BCUT2D eigenvalue weighted by atomic mass is 9.89. The number of carbonyl (C=O) groups is 3. The molecule has 4 amide bonds. The number of rotatable bonds is 20. The standard InChI is InChI=1S/C50H73N9O5.C7H16N2/c1-5-7-9-13-21-58(22-14-10-8-6-2)50(63)64-36-59-35-41-32-38(31-37(3)46(41)53-59)33-45(48(61)56-29-27-55(28-30-56)42-19-23-54(4)24-20-42)52-49(62)57-25-17-39(18-26-57)43-34-40-15-11-12-16-44(40)51-47(43)60;1-2-9-7-3-5-8-6-4-7/h11-12,15-16,31-32,34-35,39,42,45H,5-10,13-14,17-30,33,36H2,1-4H3,(H,51,60)(H,52,62);7-9H,2-6H2,1H3. The quantitative estimate of drug-likeness (QED) is 0.0643. The third kappa shape index (κ3) is 16.2. The van der Waals surface area contributed by atoms with Gasteiger partial charge in [0.2, 0.25) is 5.91 Å². The molecule has 6 heterocycles. The van der Waals surface area contributed by atoms with Crippen molar-refractivity contribution in [3.05, 3.63) is 75.7 Å². The van der Waals surface area contributed by atoms with Gasteiger partial charge < -0.3 is 45.3 Å². The van der Waals surface area contributed by atoms with Crippen molar-refractivity contribution in [2.24, 2.45) is 0 Å². The van der Waals surface area contributed by atoms with Crippen LogP contribution in [0.1, 0.15) is 133 Å². The van der Waals surface area contributed by atoms with E-state index in [1.807, 2.05) is 59.3 Å². The molecule has 4 saturated heterocycles. The van der Waals surface area contributed by atoms with Gasteiger partial charge in [-0.1, -0.05) is 83.6 Å². The Hall–Kier alpha value is -5.03. The molecule has 1 unspecified atom stereocenters. The third-order valence-corrected chi connectivity index (χ3v) is 15.8. The van der Waals surface area contributed by atoms with Crippen LogP contribution >= 0.6 is 0 Å². The summed E-state index contributed by atoms with van der Waals surface area (Å²) < 4.78 is 7.51. The van der Waals surface area contributed by atoms with Gasteiger partial charge in [-0.3, -0.25) is 14.5 Å². The van der Waals surface area contributed by atoms with Gasteiger partial charge in [0.25, 0.3) is 5.56 Å². The monoisotopic (exact) mass is 1010 g/mol. The number of unbranched alkanes of at least 4 members (excludes halogenated alkanes) is 6. The molecular formula is C57H89N11O5. The van der Waals surface area contributed by atoms with E-state index in [9.17, 15) is 19.2 Å². The Labute approximate surface area is 435 Å². The number of piperazine rings is 1. The number of aryl methyl sites for hydroxylation is 1. The topological polar surface area (TPSA) is 163 Å². The first-order valence-electron chi connectivity index (χ1n) is 28.2. The molecule has 0 saturated carbocycles. The third-order valence-electron chi connectivity index (χ3n) is 15.8. The molecule has 4 aliphatic heterocycles. The minimum atomic E-state index is -0.767. The molecule has 16 nitrogen and oxygen atoms in total. The van der Waals surface area contributed by atoms with Gasteiger partial charge in [0.05, 0.1) is 5.52 Å². The van der Waals surface area contributed by atoms with Crippen molar-refractivity contribution in [2.45, 2.75) is 155 Å². The summed E-state index contributed by atoms with van der Waals surface area (Å²) in [5.74, 6) is -0.0249. The Morgan fingerprint density at radius 3 is 2.15 bits per heavy atom. The van der Waals surface area contributed by atoms with Crippen LogP contribution in [0.5, 0.6) is 0 Å². The molecule has 0 bridgehead atoms. The number of nitrogens with zero attached hydrogens (tertiary/aromatic N) is 7. The lowest BCUT2D eigenvalue weighted by Gasteiger charge is -2.43. The normalized spacial score (nSPS) is 18.2. The van der Waals surface area contributed by atoms with Crippen molar-refractivity contribution in [1.29, 1.82) is 0 Å². The lowest BCUT2D eigenvalue weighted by Crippen LogP contribution is -2.59. The average molecular weight is 1010 g/mol. The number of aromatic amines is 1. The first kappa shape index (κ1) is 55.7. The number of nitrogens with one attached hydrogen (secondary N) is 4. The number of benzene rings is 2. The molecule has 4 aromatic rings. The minimum Gasteiger partial charge on any atom is -0.426 e. The second-order valence-electron chi connectivity index (χ2n) is 21.3. The highest BCUT2D eigenvalue weighted by atomic mass is 16.6. The Morgan fingerprint density at radius 1 is 0.795 bits per heavy atom. The van der Waals surface area contributed by atoms with Crippen LogP contribution in [0.25, 0.3) is 21.8 Å². The van der Waals surface area contributed by atoms with Gasteiger partial charge in [-0.05, 0) is 139 Å². The number of likely N-dealkylation sites (tertiary alicyclic amines) is 2. The highest BCUT2D eigenvalue weighted by molar-refractivity contribution is 5.88. The summed E-state index contributed by atoms with van der Waals surface area (Å²) in [6.07, 6.45) is 16.9. The van der Waals surface area contributed by atoms with Crippen LogP contribution in [-0.2, 0) is 22.7 Å². The number of aromatic nitrogens is 3. The molecule has 1 atom stereocenters. The molecule has 0 spiro atoms. The zero-order valence-electron chi connectivity index (χ0n) is 45.1. The smallest absolute Gasteiger partial charge is 0.411 e. The van der Waals surface area contributed by atoms with Crippen LogP contribution in [0.3, 0.4) is 0 Å². The number of piperidine rings is 3. The number of carbonyl (C=O) groups excluding carboxylic acids is 3. The van der Waals surface area contributed by atoms with Crippen molar-refractivity contribution in [1.82, 2.24) is 55.2 Å². The van der Waals surface area contributed by atoms with Gasteiger partial charge in [-0.15, -0.1) is 0 Å². The lowest BCUT2D eigenvalue weighted by molar-refractivity contribution is -0.135. The fraction of sp³-hybridized carbons (Fsp3) is 0.667. The van der Waals surface area contributed by atoms with Gasteiger partial charge in [0.1, 0.15) is 6.04 Å². The molecule has 16 heteroatoms. The summed E-state index contributed by atoms with van der Waals surface area (Å²) in [5.41, 5.74) is 4.18. The second kappa shape index (κ2) is 28.6. The Balaban J connectivity index is 0.000000782. The number of urea groups is 1. The van der Waals surface area contributed by atoms with Crippen LogP contribution in [-0.4, -0.2) is 168 Å². The predicted molar refractivity (Wildman–Crippen MR) is 293 cm³/mol. The molecule has 0 aliphatic carbocycles. The predicted octanol–water partition coefficient (Wildman–Crippen LogP) is 7.83. The summed E-state index contributed by atoms with van der Waals surface area (Å²) >= 11 is 0. The molecule has 2 aromatic heterocycles. The van der Waals surface area contributed by atoms with Gasteiger partial charge >= 0.3 is 12.1 Å². The van der Waals surface area contributed by atoms with Crippen LogP contribution in [0.4, 0.5) is 9.59 Å². The van der Waals surface area contributed by atoms with E-state index in [1.54, 1.807) is 9.58 Å². The van der Waals surface area contributed by atoms with Crippen molar-refractivity contribution in [2.75, 3.05) is 92.1 Å². The Bertz CT molecular complexity index is 2380. The van der Waals surface area contributed by atoms with E-state index in [0.717, 1.165) is 141 Å². The maximum absolute atomic E-state index is 14.5. The van der Waals surface area contributed by atoms with E-state index in [0.29, 0.717) is 64.6 Å². The van der Waals surface area contributed by atoms with Gasteiger partial charge in [-0.2, -0.15) is 5.10 Å². The molecule has 4 aliphatic rings. The Kier molecular flexibility index (Phi) is 21.8. The number of amides is 4. The van der Waals surface area contributed by atoms with Crippen LogP contribution < -0.4 is 21.5 Å². The molecule has 402 valence electrons. The maximum Gasteiger partial charge on any atom is 0.411 e. The minimum absolute atomic E-state index is 0.00928. The van der Waals surface area contributed by atoms with E-state index < -0.39 is 6.04 Å². The summed E-state index contributed by atoms with van der Waals surface area (Å²) in [7, 11) is 2.18. The molecule has 8 rings (SSSR count). The van der Waals surface area contributed by atoms with Crippen molar-refractivity contribution in [3.8, 4) is 0 Å². The van der Waals surface area contributed by atoms with Crippen LogP contribution in [0, 0.1) is 6.92 Å². The van der Waals surface area contributed by atoms with Gasteiger partial charge in [0, 0.05) is 93.5 Å². The second-order valence-corrected chi connectivity index (χ2v) is 21.3. The fourth-order valence-electron chi connectivity index (χ4n) is 11.3. The molecule has 73 heavy (non-hydrogen) atoms. The van der Waals surface area contributed by atoms with Crippen molar-refractivity contribution < 1.29 is 19.1 Å². The highest BCUT2D eigenvalue weighted by Crippen LogP contribution is 2.28. The molecular weight excluding hydrogens is 919 g/mol. The summed E-state index contributed by atoms with van der Waals surface area (Å²) in [5, 5.41) is 16.6. The van der Waals surface area contributed by atoms with Crippen molar-refractivity contribution in [3.63, 3.8) is 0 Å². The maximum atomic E-state index is 14.5. The number of hydrogen-bond donors (Lipinski definition) is 4. The average Bonchev–Trinajstić information content (AvgIpc) is 3.83. The molecule has 2 aromatic carbocycles. The van der Waals surface area contributed by atoms with Crippen LogP contribution in [0.15, 0.2) is 53.5 Å². The van der Waals surface area contributed by atoms with E-state index in [2.05, 4.69) is 64.6 Å². The summed E-state index contributed by atoms with van der Waals surface area (Å²) in [6, 6.07) is 14.2. The largest absolute Gasteiger partial charge is 0.426 e. The van der Waals surface area contributed by atoms with Gasteiger partial charge in [-0.25, -0.2) is 14.3 Å². The fourth-order valence-corrected chi connectivity index (χ4v) is 11.3. The highest BCUT2D eigenvalue weighted by Gasteiger charge is 2.34. The number of hydrogen-bond acceptors (Lipinski definition) is 10. The number of fused-ring (bicyclic) bond motifs is 2. The summed E-state index contributed by atoms with van der Waals surface area (Å²) in [4.78, 5) is 68.6.